The predicted molar refractivity (Wildman–Crippen MR) is 109 cm³/mol. The molecule has 0 atom stereocenters. The van der Waals surface area contributed by atoms with Crippen LogP contribution in [0.15, 0.2) is 66.7 Å². The Hall–Kier alpha value is -3.20. The molecule has 3 heteroatoms. The van der Waals surface area contributed by atoms with Crippen LogP contribution in [0.4, 0.5) is 11.5 Å². The summed E-state index contributed by atoms with van der Waals surface area (Å²) < 4.78 is 0. The number of para-hydroxylation sites is 1. The van der Waals surface area contributed by atoms with E-state index in [4.69, 9.17) is 9.97 Å². The highest BCUT2D eigenvalue weighted by atomic mass is 15.0. The number of rotatable bonds is 3. The second kappa shape index (κ2) is 6.60. The maximum absolute atomic E-state index is 4.84. The number of nitrogens with one attached hydrogen (secondary N) is 1. The van der Waals surface area contributed by atoms with Gasteiger partial charge in [0.25, 0.3) is 0 Å². The van der Waals surface area contributed by atoms with Gasteiger partial charge in [-0.15, -0.1) is 0 Å². The first kappa shape index (κ1) is 16.3. The maximum Gasteiger partial charge on any atom is 0.162 e. The lowest BCUT2D eigenvalue weighted by Crippen LogP contribution is -2.01. The third-order valence-electron chi connectivity index (χ3n) is 4.77. The standard InChI is InChI=1S/C23H21N3/c1-15-11-13-18(14-12-15)22-25-21-9-5-4-8-19(21)23(26-22)24-20-10-6-7-16(2)17(20)3/h4-14H,1-3H3,(H,24,25,26). The highest BCUT2D eigenvalue weighted by molar-refractivity contribution is 5.92. The van der Waals surface area contributed by atoms with Crippen molar-refractivity contribution in [2.45, 2.75) is 20.8 Å². The van der Waals surface area contributed by atoms with Gasteiger partial charge in [0.1, 0.15) is 5.82 Å². The fourth-order valence-electron chi connectivity index (χ4n) is 3.02. The van der Waals surface area contributed by atoms with Gasteiger partial charge < -0.3 is 5.32 Å². The monoisotopic (exact) mass is 339 g/mol. The van der Waals surface area contributed by atoms with Crippen molar-refractivity contribution in [2.24, 2.45) is 0 Å². The highest BCUT2D eigenvalue weighted by Gasteiger charge is 2.11. The normalized spacial score (nSPS) is 10.9. The summed E-state index contributed by atoms with van der Waals surface area (Å²) in [7, 11) is 0. The molecule has 0 aliphatic carbocycles. The molecule has 128 valence electrons. The number of hydrogen-bond acceptors (Lipinski definition) is 3. The van der Waals surface area contributed by atoms with Gasteiger partial charge in [-0.05, 0) is 50.1 Å². The van der Waals surface area contributed by atoms with Gasteiger partial charge in [0.05, 0.1) is 5.52 Å². The Morgan fingerprint density at radius 1 is 0.731 bits per heavy atom. The minimum atomic E-state index is 0.733. The zero-order valence-electron chi connectivity index (χ0n) is 15.2. The van der Waals surface area contributed by atoms with E-state index >= 15 is 0 Å². The highest BCUT2D eigenvalue weighted by Crippen LogP contribution is 2.29. The molecule has 3 nitrogen and oxygen atoms in total. The van der Waals surface area contributed by atoms with Crippen molar-refractivity contribution in [3.8, 4) is 11.4 Å². The molecule has 0 fully saturated rings. The van der Waals surface area contributed by atoms with Gasteiger partial charge in [0.2, 0.25) is 0 Å². The van der Waals surface area contributed by atoms with E-state index in [0.717, 1.165) is 33.8 Å². The van der Waals surface area contributed by atoms with E-state index in [2.05, 4.69) is 74.6 Å². The van der Waals surface area contributed by atoms with E-state index < -0.39 is 0 Å². The summed E-state index contributed by atoms with van der Waals surface area (Å²) in [5.41, 5.74) is 6.74. The number of benzene rings is 3. The van der Waals surface area contributed by atoms with Crippen LogP contribution in [0.1, 0.15) is 16.7 Å². The van der Waals surface area contributed by atoms with Gasteiger partial charge in [-0.1, -0.05) is 54.1 Å². The number of nitrogens with zero attached hydrogens (tertiary/aromatic N) is 2. The lowest BCUT2D eigenvalue weighted by molar-refractivity contribution is 1.21. The van der Waals surface area contributed by atoms with E-state index in [1.807, 2.05) is 18.2 Å². The maximum atomic E-state index is 4.84. The van der Waals surface area contributed by atoms with Gasteiger partial charge in [-0.25, -0.2) is 9.97 Å². The summed E-state index contributed by atoms with van der Waals surface area (Å²) >= 11 is 0. The average Bonchev–Trinajstić information content (AvgIpc) is 2.66. The van der Waals surface area contributed by atoms with Gasteiger partial charge in [-0.2, -0.15) is 0 Å². The number of hydrogen-bond donors (Lipinski definition) is 1. The number of anilines is 2. The van der Waals surface area contributed by atoms with Crippen LogP contribution in [0.3, 0.4) is 0 Å². The fourth-order valence-corrected chi connectivity index (χ4v) is 3.02. The zero-order valence-corrected chi connectivity index (χ0v) is 15.2. The Morgan fingerprint density at radius 2 is 1.50 bits per heavy atom. The topological polar surface area (TPSA) is 37.8 Å². The first-order chi connectivity index (χ1) is 12.6. The molecule has 0 spiro atoms. The van der Waals surface area contributed by atoms with Crippen LogP contribution in [0.5, 0.6) is 0 Å². The summed E-state index contributed by atoms with van der Waals surface area (Å²) in [5.74, 6) is 1.57. The van der Waals surface area contributed by atoms with Crippen molar-refractivity contribution in [3.63, 3.8) is 0 Å². The van der Waals surface area contributed by atoms with Gasteiger partial charge in [-0.3, -0.25) is 0 Å². The molecule has 0 radical (unpaired) electrons. The average molecular weight is 339 g/mol. The summed E-state index contributed by atoms with van der Waals surface area (Å²) in [4.78, 5) is 9.61. The molecule has 1 N–H and O–H groups in total. The van der Waals surface area contributed by atoms with Crippen LogP contribution in [0, 0.1) is 20.8 Å². The molecule has 1 aromatic heterocycles. The molecule has 26 heavy (non-hydrogen) atoms. The van der Waals surface area contributed by atoms with Crippen molar-refractivity contribution in [1.29, 1.82) is 0 Å². The second-order valence-corrected chi connectivity index (χ2v) is 6.65. The predicted octanol–water partition coefficient (Wildman–Crippen LogP) is 5.97. The van der Waals surface area contributed by atoms with E-state index in [-0.39, 0.29) is 0 Å². The van der Waals surface area contributed by atoms with Crippen molar-refractivity contribution in [3.05, 3.63) is 83.4 Å². The molecule has 0 unspecified atom stereocenters. The van der Waals surface area contributed by atoms with Crippen molar-refractivity contribution in [1.82, 2.24) is 9.97 Å². The summed E-state index contributed by atoms with van der Waals surface area (Å²) in [6.07, 6.45) is 0. The Morgan fingerprint density at radius 3 is 2.31 bits per heavy atom. The molecule has 0 aliphatic heterocycles. The van der Waals surface area contributed by atoms with E-state index in [1.165, 1.54) is 16.7 Å². The Kier molecular flexibility index (Phi) is 4.13. The van der Waals surface area contributed by atoms with Crippen LogP contribution in [-0.2, 0) is 0 Å². The number of fused-ring (bicyclic) bond motifs is 1. The lowest BCUT2D eigenvalue weighted by atomic mass is 10.1. The molecule has 0 amide bonds. The van der Waals surface area contributed by atoms with Crippen LogP contribution >= 0.6 is 0 Å². The van der Waals surface area contributed by atoms with Crippen LogP contribution < -0.4 is 5.32 Å². The van der Waals surface area contributed by atoms with Crippen LogP contribution in [0.25, 0.3) is 22.3 Å². The molecular weight excluding hydrogens is 318 g/mol. The summed E-state index contributed by atoms with van der Waals surface area (Å²) in [5, 5.41) is 4.54. The Labute approximate surface area is 153 Å². The SMILES string of the molecule is Cc1ccc(-c2nc(Nc3cccc(C)c3C)c3ccccc3n2)cc1. The lowest BCUT2D eigenvalue weighted by Gasteiger charge is -2.14. The van der Waals surface area contributed by atoms with E-state index in [0.29, 0.717) is 0 Å². The molecule has 4 rings (SSSR count). The Bertz CT molecular complexity index is 1080. The third-order valence-corrected chi connectivity index (χ3v) is 4.77. The summed E-state index contributed by atoms with van der Waals surface area (Å²) in [6.45, 7) is 6.33. The zero-order chi connectivity index (χ0) is 18.1. The molecule has 3 aromatic carbocycles. The quantitative estimate of drug-likeness (QED) is 0.500. The molecule has 1 heterocycles. The minimum Gasteiger partial charge on any atom is -0.339 e. The molecule has 0 saturated carbocycles. The molecule has 0 saturated heterocycles. The van der Waals surface area contributed by atoms with Crippen molar-refractivity contribution >= 4 is 22.4 Å². The second-order valence-electron chi connectivity index (χ2n) is 6.65. The van der Waals surface area contributed by atoms with Crippen LogP contribution in [-0.4, -0.2) is 9.97 Å². The molecule has 0 bridgehead atoms. The van der Waals surface area contributed by atoms with Crippen molar-refractivity contribution in [2.75, 3.05) is 5.32 Å². The molecule has 4 aromatic rings. The number of aryl methyl sites for hydroxylation is 2. The van der Waals surface area contributed by atoms with E-state index in [1.54, 1.807) is 0 Å². The van der Waals surface area contributed by atoms with Gasteiger partial charge in [0.15, 0.2) is 5.82 Å². The largest absolute Gasteiger partial charge is 0.339 e. The first-order valence-corrected chi connectivity index (χ1v) is 8.79. The van der Waals surface area contributed by atoms with Crippen molar-refractivity contribution < 1.29 is 0 Å². The Balaban J connectivity index is 1.87. The van der Waals surface area contributed by atoms with Gasteiger partial charge in [0, 0.05) is 16.6 Å². The smallest absolute Gasteiger partial charge is 0.162 e. The third kappa shape index (κ3) is 3.04. The summed E-state index contributed by atoms with van der Waals surface area (Å²) in [6, 6.07) is 22.7. The molecular formula is C23H21N3. The molecule has 0 aliphatic rings. The number of aromatic nitrogens is 2. The van der Waals surface area contributed by atoms with Gasteiger partial charge >= 0.3 is 0 Å². The first-order valence-electron chi connectivity index (χ1n) is 8.79. The minimum absolute atomic E-state index is 0.733. The van der Waals surface area contributed by atoms with E-state index in [9.17, 15) is 0 Å². The fraction of sp³-hybridized carbons (Fsp3) is 0.130. The van der Waals surface area contributed by atoms with Crippen LogP contribution in [0.2, 0.25) is 0 Å².